The number of phenols is 1. The summed E-state index contributed by atoms with van der Waals surface area (Å²) in [5.41, 5.74) is 2.66. The number of carbonyl (C=O) groups excluding carboxylic acids is 4. The van der Waals surface area contributed by atoms with E-state index in [1.807, 2.05) is 25.1 Å². The molecule has 3 fully saturated rings. The number of aryl methyl sites for hydroxylation is 1. The van der Waals surface area contributed by atoms with Crippen LogP contribution in [0.25, 0.3) is 0 Å². The number of alkyl halides is 2. The van der Waals surface area contributed by atoms with Gasteiger partial charge in [0.2, 0.25) is 11.8 Å². The van der Waals surface area contributed by atoms with Gasteiger partial charge in [-0.1, -0.05) is 36.8 Å². The summed E-state index contributed by atoms with van der Waals surface area (Å²) >= 11 is 14.8. The maximum absolute atomic E-state index is 14.5. The van der Waals surface area contributed by atoms with Crippen molar-refractivity contribution in [2.75, 3.05) is 16.4 Å². The number of anilines is 2. The molecule has 242 valence electrons. The Bertz CT molecular complexity index is 1860. The molecule has 6 atom stereocenters. The van der Waals surface area contributed by atoms with E-state index in [-0.39, 0.29) is 42.5 Å². The monoisotopic (exact) mass is 676 g/mol. The van der Waals surface area contributed by atoms with E-state index in [4.69, 9.17) is 27.9 Å². The van der Waals surface area contributed by atoms with Crippen molar-refractivity contribution in [2.45, 2.75) is 48.8 Å². The second kappa shape index (κ2) is 11.2. The lowest BCUT2D eigenvalue weighted by Gasteiger charge is -2.50. The molecule has 11 heteroatoms. The van der Waals surface area contributed by atoms with E-state index < -0.39 is 57.0 Å². The van der Waals surface area contributed by atoms with Crippen molar-refractivity contribution >= 4 is 58.2 Å². The minimum Gasteiger partial charge on any atom is -0.504 e. The lowest BCUT2D eigenvalue weighted by molar-refractivity contribution is -0.125. The molecular weight excluding hydrogens is 646 g/mol. The van der Waals surface area contributed by atoms with Crippen molar-refractivity contribution in [1.82, 2.24) is 0 Å². The van der Waals surface area contributed by atoms with Gasteiger partial charge in [0.05, 0.1) is 29.8 Å². The molecule has 0 spiro atoms. The van der Waals surface area contributed by atoms with Gasteiger partial charge in [-0.3, -0.25) is 24.1 Å². The summed E-state index contributed by atoms with van der Waals surface area (Å²) < 4.78 is 19.5. The van der Waals surface area contributed by atoms with Crippen molar-refractivity contribution in [2.24, 2.45) is 17.8 Å². The largest absolute Gasteiger partial charge is 0.504 e. The van der Waals surface area contributed by atoms with Crippen LogP contribution in [0.3, 0.4) is 0 Å². The topological polar surface area (TPSA) is 104 Å². The number of fused-ring (bicyclic) bond motifs is 4. The molecule has 2 aliphatic carbocycles. The number of nitrogens with zero attached hydrogens (tertiary/aromatic N) is 2. The molecular formula is C36H31Cl2FN2O6. The summed E-state index contributed by atoms with van der Waals surface area (Å²) in [7, 11) is 0. The highest BCUT2D eigenvalue weighted by Crippen LogP contribution is 2.66. The van der Waals surface area contributed by atoms with Crippen LogP contribution in [-0.4, -0.2) is 45.1 Å². The van der Waals surface area contributed by atoms with Gasteiger partial charge in [-0.25, -0.2) is 9.29 Å². The molecule has 0 radical (unpaired) electrons. The third-order valence-corrected chi connectivity index (χ3v) is 11.5. The van der Waals surface area contributed by atoms with E-state index in [9.17, 15) is 28.7 Å². The predicted molar refractivity (Wildman–Crippen MR) is 174 cm³/mol. The van der Waals surface area contributed by atoms with Gasteiger partial charge < -0.3 is 9.84 Å². The minimum atomic E-state index is -2.09. The first-order valence-electron chi connectivity index (χ1n) is 15.6. The first-order chi connectivity index (χ1) is 22.5. The molecule has 0 bridgehead atoms. The Morgan fingerprint density at radius 2 is 1.53 bits per heavy atom. The molecule has 2 saturated heterocycles. The molecule has 3 aromatic carbocycles. The Morgan fingerprint density at radius 3 is 2.19 bits per heavy atom. The molecule has 8 nitrogen and oxygen atoms in total. The van der Waals surface area contributed by atoms with Crippen LogP contribution in [-0.2, 0) is 25.6 Å². The summed E-state index contributed by atoms with van der Waals surface area (Å²) in [4.78, 5) is 54.9. The molecule has 47 heavy (non-hydrogen) atoms. The Kier molecular flexibility index (Phi) is 7.48. The molecule has 1 N–H and O–H groups in total. The number of ether oxygens (including phenoxy) is 1. The van der Waals surface area contributed by atoms with Gasteiger partial charge in [-0.05, 0) is 91.8 Å². The van der Waals surface area contributed by atoms with Crippen molar-refractivity contribution < 1.29 is 33.4 Å². The van der Waals surface area contributed by atoms with E-state index in [2.05, 4.69) is 0 Å². The third kappa shape index (κ3) is 4.39. The van der Waals surface area contributed by atoms with Gasteiger partial charge in [0, 0.05) is 5.92 Å². The second-order valence-corrected chi connectivity index (χ2v) is 13.7. The van der Waals surface area contributed by atoms with Crippen LogP contribution < -0.4 is 14.5 Å². The fourth-order valence-corrected chi connectivity index (χ4v) is 8.82. The van der Waals surface area contributed by atoms with Crippen molar-refractivity contribution in [1.29, 1.82) is 0 Å². The predicted octanol–water partition coefficient (Wildman–Crippen LogP) is 6.26. The maximum atomic E-state index is 14.5. The number of benzene rings is 3. The van der Waals surface area contributed by atoms with Gasteiger partial charge in [0.25, 0.3) is 11.8 Å². The number of aromatic hydroxyl groups is 1. The van der Waals surface area contributed by atoms with Crippen LogP contribution in [0.1, 0.15) is 43.7 Å². The van der Waals surface area contributed by atoms with E-state index in [1.165, 1.54) is 23.1 Å². The van der Waals surface area contributed by atoms with Crippen molar-refractivity contribution in [3.63, 3.8) is 0 Å². The number of carbonyl (C=O) groups is 4. The molecule has 0 aromatic heterocycles. The Hall–Kier alpha value is -4.21. The highest BCUT2D eigenvalue weighted by atomic mass is 35.5. The van der Waals surface area contributed by atoms with Gasteiger partial charge in [0.15, 0.2) is 21.2 Å². The van der Waals surface area contributed by atoms with E-state index in [0.717, 1.165) is 29.0 Å². The Balaban J connectivity index is 1.39. The number of allylic oxidation sites excluding steroid dienone is 2. The Labute approximate surface area is 280 Å². The van der Waals surface area contributed by atoms with Gasteiger partial charge in [-0.15, -0.1) is 23.2 Å². The number of phenolic OH excluding ortho intramolecular Hbond substituents is 1. The molecule has 4 amide bonds. The number of hydrogen-bond acceptors (Lipinski definition) is 6. The molecule has 1 saturated carbocycles. The zero-order valence-electron chi connectivity index (χ0n) is 25.6. The fraction of sp³-hybridized carbons (Fsp3) is 0.333. The SMILES string of the molecule is CCOc1cc(C2C3=CCC4C(=O)N(c5ccc(CC)cc5)C(=O)C4C3CC3(Cl)C(=O)N(c4ccc(F)cc4)C(=O)C23Cl)ccc1O. The van der Waals surface area contributed by atoms with Crippen LogP contribution in [0.15, 0.2) is 78.4 Å². The van der Waals surface area contributed by atoms with Crippen LogP contribution in [0.2, 0.25) is 0 Å². The normalized spacial score (nSPS) is 29.9. The highest BCUT2D eigenvalue weighted by molar-refractivity contribution is 6.58. The number of imide groups is 2. The zero-order chi connectivity index (χ0) is 33.4. The Morgan fingerprint density at radius 1 is 0.872 bits per heavy atom. The number of amides is 4. The molecule has 4 aliphatic rings. The number of rotatable bonds is 6. The summed E-state index contributed by atoms with van der Waals surface area (Å²) in [5.74, 6) is -6.24. The summed E-state index contributed by atoms with van der Waals surface area (Å²) in [6, 6.07) is 16.7. The van der Waals surface area contributed by atoms with E-state index in [1.54, 1.807) is 31.2 Å². The number of halogens is 3. The van der Waals surface area contributed by atoms with Crippen LogP contribution in [0, 0.1) is 23.6 Å². The average molecular weight is 678 g/mol. The summed E-state index contributed by atoms with van der Waals surface area (Å²) in [6.45, 7) is 4.01. The summed E-state index contributed by atoms with van der Waals surface area (Å²) in [5, 5.41) is 10.5. The average Bonchev–Trinajstić information content (AvgIpc) is 3.40. The molecule has 7 rings (SSSR count). The smallest absolute Gasteiger partial charge is 0.258 e. The van der Waals surface area contributed by atoms with Crippen molar-refractivity contribution in [3.8, 4) is 11.5 Å². The van der Waals surface area contributed by atoms with Crippen LogP contribution in [0.4, 0.5) is 15.8 Å². The van der Waals surface area contributed by atoms with E-state index >= 15 is 0 Å². The molecule has 6 unspecified atom stereocenters. The summed E-state index contributed by atoms with van der Waals surface area (Å²) in [6.07, 6.45) is 2.66. The van der Waals surface area contributed by atoms with Gasteiger partial charge >= 0.3 is 0 Å². The lowest BCUT2D eigenvalue weighted by atomic mass is 9.56. The second-order valence-electron chi connectivity index (χ2n) is 12.4. The van der Waals surface area contributed by atoms with E-state index in [0.29, 0.717) is 16.8 Å². The lowest BCUT2D eigenvalue weighted by Crippen LogP contribution is -2.60. The molecule has 2 heterocycles. The van der Waals surface area contributed by atoms with Gasteiger partial charge in [-0.2, -0.15) is 0 Å². The highest BCUT2D eigenvalue weighted by Gasteiger charge is 2.76. The maximum Gasteiger partial charge on any atom is 0.258 e. The first kappa shape index (κ1) is 31.4. The van der Waals surface area contributed by atoms with Crippen molar-refractivity contribution in [3.05, 3.63) is 95.3 Å². The fourth-order valence-electron chi connectivity index (χ4n) is 7.89. The molecule has 3 aromatic rings. The standard InChI is InChI=1S/C36H31Cl2FN2O6/c1-3-19-5-10-22(11-6-19)40-31(43)25-15-14-24-26(29(25)32(40)44)18-35(37)33(45)41(23-12-8-21(39)9-13-23)34(46)36(35,38)30(24)20-7-16-27(42)28(17-20)47-4-2/h5-14,16-17,25-26,29-30,42H,3-4,15,18H2,1-2H3. The molecule has 2 aliphatic heterocycles. The minimum absolute atomic E-state index is 0.0963. The first-order valence-corrected chi connectivity index (χ1v) is 16.4. The zero-order valence-corrected chi connectivity index (χ0v) is 27.1. The van der Waals surface area contributed by atoms with Crippen LogP contribution in [0.5, 0.6) is 11.5 Å². The van der Waals surface area contributed by atoms with Gasteiger partial charge in [0.1, 0.15) is 5.82 Å². The quantitative estimate of drug-likeness (QED) is 0.188. The number of hydrogen-bond donors (Lipinski definition) is 1. The third-order valence-electron chi connectivity index (χ3n) is 10.1. The van der Waals surface area contributed by atoms with Crippen LogP contribution >= 0.6 is 23.2 Å².